The first-order chi connectivity index (χ1) is 8.10. The molecule has 2 N–H and O–H groups in total. The van der Waals surface area contributed by atoms with Crippen molar-refractivity contribution < 1.29 is 9.47 Å². The minimum Gasteiger partial charge on any atom is -0.383 e. The second kappa shape index (κ2) is 6.69. The molecule has 1 aliphatic rings. The molecule has 4 heteroatoms. The molecule has 0 aromatic carbocycles. The van der Waals surface area contributed by atoms with Gasteiger partial charge in [-0.1, -0.05) is 20.8 Å². The van der Waals surface area contributed by atoms with Gasteiger partial charge in [0.15, 0.2) is 0 Å². The number of hydrogen-bond acceptors (Lipinski definition) is 4. The minimum atomic E-state index is -0.0497. The fourth-order valence-electron chi connectivity index (χ4n) is 2.67. The summed E-state index contributed by atoms with van der Waals surface area (Å²) in [5, 5.41) is 0. The van der Waals surface area contributed by atoms with Crippen LogP contribution in [0.4, 0.5) is 0 Å². The van der Waals surface area contributed by atoms with Crippen LogP contribution in [0.3, 0.4) is 0 Å². The molecule has 102 valence electrons. The highest BCUT2D eigenvalue weighted by atomic mass is 16.5. The van der Waals surface area contributed by atoms with Gasteiger partial charge in [0.25, 0.3) is 0 Å². The fraction of sp³-hybridized carbons (Fsp3) is 1.00. The zero-order valence-corrected chi connectivity index (χ0v) is 11.7. The van der Waals surface area contributed by atoms with E-state index in [4.69, 9.17) is 15.2 Å². The summed E-state index contributed by atoms with van der Waals surface area (Å²) >= 11 is 0. The second-order valence-corrected chi connectivity index (χ2v) is 5.24. The van der Waals surface area contributed by atoms with Crippen LogP contribution < -0.4 is 5.73 Å². The van der Waals surface area contributed by atoms with Crippen molar-refractivity contribution in [2.75, 3.05) is 40.0 Å². The first-order valence-corrected chi connectivity index (χ1v) is 6.66. The van der Waals surface area contributed by atoms with Gasteiger partial charge < -0.3 is 15.2 Å². The quantitative estimate of drug-likeness (QED) is 0.760. The maximum absolute atomic E-state index is 6.05. The Morgan fingerprint density at radius 1 is 1.53 bits per heavy atom. The Labute approximate surface area is 105 Å². The lowest BCUT2D eigenvalue weighted by atomic mass is 9.84. The number of morpholine rings is 1. The summed E-state index contributed by atoms with van der Waals surface area (Å²) in [6, 6.07) is 0. The Hall–Kier alpha value is -0.160. The summed E-state index contributed by atoms with van der Waals surface area (Å²) in [5.74, 6) is 0.475. The van der Waals surface area contributed by atoms with Crippen LogP contribution in [0.1, 0.15) is 27.2 Å². The van der Waals surface area contributed by atoms with Crippen molar-refractivity contribution in [1.82, 2.24) is 4.90 Å². The summed E-state index contributed by atoms with van der Waals surface area (Å²) in [5.41, 5.74) is 6.00. The van der Waals surface area contributed by atoms with E-state index in [-0.39, 0.29) is 5.54 Å². The highest BCUT2D eigenvalue weighted by Gasteiger charge is 2.40. The normalized spacial score (nSPS) is 26.1. The van der Waals surface area contributed by atoms with Gasteiger partial charge in [-0.25, -0.2) is 0 Å². The molecule has 0 spiro atoms. The fourth-order valence-corrected chi connectivity index (χ4v) is 2.67. The van der Waals surface area contributed by atoms with Crippen molar-refractivity contribution in [3.05, 3.63) is 0 Å². The van der Waals surface area contributed by atoms with Crippen molar-refractivity contribution in [2.45, 2.75) is 38.8 Å². The van der Waals surface area contributed by atoms with Crippen LogP contribution in [0.5, 0.6) is 0 Å². The summed E-state index contributed by atoms with van der Waals surface area (Å²) in [6.07, 6.45) is 1.40. The number of ether oxygens (including phenoxy) is 2. The smallest absolute Gasteiger partial charge is 0.0700 e. The van der Waals surface area contributed by atoms with Crippen molar-refractivity contribution in [3.8, 4) is 0 Å². The molecule has 1 rings (SSSR count). The molecule has 1 fully saturated rings. The SMILES string of the molecule is CCC1CN(C(CN)(COC)C(C)C)CCO1. The molecular weight excluding hydrogens is 216 g/mol. The van der Waals surface area contributed by atoms with Crippen LogP contribution >= 0.6 is 0 Å². The third kappa shape index (κ3) is 3.19. The molecule has 17 heavy (non-hydrogen) atoms. The lowest BCUT2D eigenvalue weighted by Gasteiger charge is -2.49. The number of rotatable bonds is 6. The van der Waals surface area contributed by atoms with E-state index in [0.717, 1.165) is 26.1 Å². The van der Waals surface area contributed by atoms with Gasteiger partial charge in [-0.2, -0.15) is 0 Å². The molecule has 1 aliphatic heterocycles. The van der Waals surface area contributed by atoms with Crippen LogP contribution in [0.2, 0.25) is 0 Å². The maximum atomic E-state index is 6.05. The van der Waals surface area contributed by atoms with E-state index in [1.165, 1.54) is 0 Å². The van der Waals surface area contributed by atoms with Gasteiger partial charge in [0.05, 0.1) is 24.9 Å². The summed E-state index contributed by atoms with van der Waals surface area (Å²) in [4.78, 5) is 2.47. The first kappa shape index (κ1) is 14.9. The van der Waals surface area contributed by atoms with Gasteiger partial charge in [-0.15, -0.1) is 0 Å². The van der Waals surface area contributed by atoms with Crippen LogP contribution in [-0.4, -0.2) is 56.5 Å². The zero-order chi connectivity index (χ0) is 12.9. The highest BCUT2D eigenvalue weighted by molar-refractivity contribution is 4.96. The lowest BCUT2D eigenvalue weighted by Crippen LogP contribution is -2.64. The Balaban J connectivity index is 2.81. The summed E-state index contributed by atoms with van der Waals surface area (Å²) in [6.45, 7) is 10.7. The van der Waals surface area contributed by atoms with Crippen molar-refractivity contribution in [2.24, 2.45) is 11.7 Å². The van der Waals surface area contributed by atoms with E-state index < -0.39 is 0 Å². The van der Waals surface area contributed by atoms with E-state index in [1.807, 2.05) is 0 Å². The highest BCUT2D eigenvalue weighted by Crippen LogP contribution is 2.27. The van der Waals surface area contributed by atoms with Crippen LogP contribution in [-0.2, 0) is 9.47 Å². The third-order valence-corrected chi connectivity index (χ3v) is 4.05. The average molecular weight is 244 g/mol. The molecule has 0 aliphatic carbocycles. The van der Waals surface area contributed by atoms with Gasteiger partial charge in [0, 0.05) is 26.7 Å². The monoisotopic (exact) mass is 244 g/mol. The van der Waals surface area contributed by atoms with E-state index in [1.54, 1.807) is 7.11 Å². The number of hydrogen-bond donors (Lipinski definition) is 1. The number of nitrogens with two attached hydrogens (primary N) is 1. The van der Waals surface area contributed by atoms with Crippen molar-refractivity contribution >= 4 is 0 Å². The predicted octanol–water partition coefficient (Wildman–Crippen LogP) is 1.10. The van der Waals surface area contributed by atoms with Crippen LogP contribution in [0, 0.1) is 5.92 Å². The maximum Gasteiger partial charge on any atom is 0.0700 e. The van der Waals surface area contributed by atoms with Crippen molar-refractivity contribution in [3.63, 3.8) is 0 Å². The van der Waals surface area contributed by atoms with E-state index in [0.29, 0.717) is 25.2 Å². The van der Waals surface area contributed by atoms with Gasteiger partial charge >= 0.3 is 0 Å². The Kier molecular flexibility index (Phi) is 5.86. The van der Waals surface area contributed by atoms with Gasteiger partial charge in [-0.3, -0.25) is 4.90 Å². The van der Waals surface area contributed by atoms with E-state index >= 15 is 0 Å². The van der Waals surface area contributed by atoms with E-state index in [2.05, 4.69) is 25.7 Å². The second-order valence-electron chi connectivity index (χ2n) is 5.24. The lowest BCUT2D eigenvalue weighted by molar-refractivity contribution is -0.100. The van der Waals surface area contributed by atoms with Gasteiger partial charge in [0.1, 0.15) is 0 Å². The summed E-state index contributed by atoms with van der Waals surface area (Å²) in [7, 11) is 1.75. The Morgan fingerprint density at radius 2 is 2.24 bits per heavy atom. The van der Waals surface area contributed by atoms with E-state index in [9.17, 15) is 0 Å². The molecule has 0 aromatic rings. The largest absolute Gasteiger partial charge is 0.383 e. The van der Waals surface area contributed by atoms with Gasteiger partial charge in [0.2, 0.25) is 0 Å². The molecule has 0 aromatic heterocycles. The van der Waals surface area contributed by atoms with Crippen LogP contribution in [0.15, 0.2) is 0 Å². The minimum absolute atomic E-state index is 0.0497. The molecule has 0 amide bonds. The zero-order valence-electron chi connectivity index (χ0n) is 11.7. The summed E-state index contributed by atoms with van der Waals surface area (Å²) < 4.78 is 11.2. The molecule has 1 heterocycles. The number of methoxy groups -OCH3 is 1. The molecule has 1 saturated heterocycles. The van der Waals surface area contributed by atoms with Crippen molar-refractivity contribution in [1.29, 1.82) is 0 Å². The molecular formula is C13H28N2O2. The molecule has 0 radical (unpaired) electrons. The number of nitrogens with zero attached hydrogens (tertiary/aromatic N) is 1. The molecule has 4 nitrogen and oxygen atoms in total. The standard InChI is InChI=1S/C13H28N2O2/c1-5-12-8-15(6-7-17-12)13(9-14,10-16-4)11(2)3/h11-12H,5-10,14H2,1-4H3. The van der Waals surface area contributed by atoms with Crippen LogP contribution in [0.25, 0.3) is 0 Å². The third-order valence-electron chi connectivity index (χ3n) is 4.05. The van der Waals surface area contributed by atoms with Gasteiger partial charge in [-0.05, 0) is 12.3 Å². The Bertz CT molecular complexity index is 223. The Morgan fingerprint density at radius 3 is 2.71 bits per heavy atom. The topological polar surface area (TPSA) is 47.7 Å². The predicted molar refractivity (Wildman–Crippen MR) is 70.1 cm³/mol. The molecule has 0 bridgehead atoms. The molecule has 2 atom stereocenters. The average Bonchev–Trinajstić information content (AvgIpc) is 2.35. The molecule has 0 saturated carbocycles. The molecule has 2 unspecified atom stereocenters. The first-order valence-electron chi connectivity index (χ1n) is 6.66.